The Balaban J connectivity index is 1.96. The lowest BCUT2D eigenvalue weighted by atomic mass is 10.2. The van der Waals surface area contributed by atoms with E-state index in [2.05, 4.69) is 40.5 Å². The van der Waals surface area contributed by atoms with Gasteiger partial charge in [0, 0.05) is 31.2 Å². The molecule has 0 aliphatic carbocycles. The molecule has 1 saturated heterocycles. The number of hydrogen-bond donors (Lipinski definition) is 0. The van der Waals surface area contributed by atoms with Crippen molar-refractivity contribution in [1.82, 2.24) is 14.9 Å². The van der Waals surface area contributed by atoms with E-state index < -0.39 is 0 Å². The molecule has 6 heteroatoms. The molecule has 0 aromatic carbocycles. The number of anilines is 1. The molecule has 2 aliphatic rings. The Morgan fingerprint density at radius 1 is 1.30 bits per heavy atom. The van der Waals surface area contributed by atoms with E-state index in [1.54, 1.807) is 0 Å². The second-order valence-corrected chi connectivity index (χ2v) is 6.20. The summed E-state index contributed by atoms with van der Waals surface area (Å²) in [6, 6.07) is 0.824. The van der Waals surface area contributed by atoms with Gasteiger partial charge in [0.25, 0.3) is 0 Å². The summed E-state index contributed by atoms with van der Waals surface area (Å²) in [6.07, 6.45) is 0. The van der Waals surface area contributed by atoms with Crippen molar-refractivity contribution < 1.29 is 4.74 Å². The minimum Gasteiger partial charge on any atom is -0.377 e. The highest BCUT2D eigenvalue weighted by atomic mass is 35.5. The number of morpholine rings is 1. The van der Waals surface area contributed by atoms with Gasteiger partial charge in [0.1, 0.15) is 5.82 Å². The van der Waals surface area contributed by atoms with Gasteiger partial charge >= 0.3 is 0 Å². The Hall–Kier alpha value is -0.910. The minimum absolute atomic E-state index is 0.326. The lowest BCUT2D eigenvalue weighted by Gasteiger charge is -2.35. The summed E-state index contributed by atoms with van der Waals surface area (Å²) in [5, 5.41) is 0.350. The van der Waals surface area contributed by atoms with Crippen molar-refractivity contribution in [2.45, 2.75) is 45.9 Å². The van der Waals surface area contributed by atoms with Crippen molar-refractivity contribution in [3.8, 4) is 0 Å². The quantitative estimate of drug-likeness (QED) is 0.782. The Bertz CT molecular complexity index is 508. The predicted octanol–water partition coefficient (Wildman–Crippen LogP) is 2.08. The Labute approximate surface area is 124 Å². The summed E-state index contributed by atoms with van der Waals surface area (Å²) < 4.78 is 5.51. The fourth-order valence-electron chi connectivity index (χ4n) is 2.88. The van der Waals surface area contributed by atoms with E-state index in [0.717, 1.165) is 44.4 Å². The van der Waals surface area contributed by atoms with Gasteiger partial charge in [-0.05, 0) is 32.4 Å². The van der Waals surface area contributed by atoms with Gasteiger partial charge in [0.15, 0.2) is 0 Å². The van der Waals surface area contributed by atoms with Crippen LogP contribution < -0.4 is 4.90 Å². The molecular formula is C14H21ClN4O. The second kappa shape index (κ2) is 5.47. The maximum Gasteiger partial charge on any atom is 0.224 e. The van der Waals surface area contributed by atoms with Crippen molar-refractivity contribution in [3.63, 3.8) is 0 Å². The van der Waals surface area contributed by atoms with Crippen LogP contribution in [-0.4, -0.2) is 46.7 Å². The van der Waals surface area contributed by atoms with Crippen LogP contribution in [0.2, 0.25) is 5.28 Å². The van der Waals surface area contributed by atoms with E-state index in [1.807, 2.05) is 0 Å². The number of aromatic nitrogens is 2. The molecule has 1 aromatic rings. The first-order chi connectivity index (χ1) is 9.56. The van der Waals surface area contributed by atoms with Crippen LogP contribution in [0.5, 0.6) is 0 Å². The maximum atomic E-state index is 6.12. The van der Waals surface area contributed by atoms with Crippen molar-refractivity contribution >= 4 is 17.4 Å². The smallest absolute Gasteiger partial charge is 0.224 e. The van der Waals surface area contributed by atoms with Gasteiger partial charge in [-0.1, -0.05) is 0 Å². The minimum atomic E-state index is 0.326. The van der Waals surface area contributed by atoms with E-state index in [-0.39, 0.29) is 0 Å². The molecule has 1 aromatic heterocycles. The molecule has 0 radical (unpaired) electrons. The Morgan fingerprint density at radius 2 is 2.10 bits per heavy atom. The highest BCUT2D eigenvalue weighted by Gasteiger charge is 2.31. The molecular weight excluding hydrogens is 276 g/mol. The van der Waals surface area contributed by atoms with E-state index in [0.29, 0.717) is 17.4 Å². The van der Waals surface area contributed by atoms with Crippen LogP contribution in [0, 0.1) is 0 Å². The monoisotopic (exact) mass is 296 g/mol. The van der Waals surface area contributed by atoms with Crippen molar-refractivity contribution in [2.75, 3.05) is 24.7 Å². The molecule has 0 bridgehead atoms. The molecule has 0 spiro atoms. The first-order valence-corrected chi connectivity index (χ1v) is 7.57. The lowest BCUT2D eigenvalue weighted by molar-refractivity contribution is 0.0983. The molecule has 1 fully saturated rings. The first-order valence-electron chi connectivity index (χ1n) is 7.20. The van der Waals surface area contributed by atoms with Gasteiger partial charge in [-0.15, -0.1) is 0 Å². The molecule has 0 unspecified atom stereocenters. The van der Waals surface area contributed by atoms with E-state index >= 15 is 0 Å². The van der Waals surface area contributed by atoms with Gasteiger partial charge in [-0.25, -0.2) is 9.97 Å². The Morgan fingerprint density at radius 3 is 2.80 bits per heavy atom. The molecule has 3 heterocycles. The summed E-state index contributed by atoms with van der Waals surface area (Å²) in [4.78, 5) is 13.6. The van der Waals surface area contributed by atoms with Crippen molar-refractivity contribution in [3.05, 3.63) is 16.5 Å². The van der Waals surface area contributed by atoms with Crippen molar-refractivity contribution in [1.29, 1.82) is 0 Å². The van der Waals surface area contributed by atoms with Crippen LogP contribution >= 0.6 is 11.6 Å². The van der Waals surface area contributed by atoms with E-state index in [1.165, 1.54) is 5.56 Å². The van der Waals surface area contributed by atoms with Crippen LogP contribution in [-0.2, 0) is 17.8 Å². The zero-order valence-electron chi connectivity index (χ0n) is 12.3. The summed E-state index contributed by atoms with van der Waals surface area (Å²) in [5.74, 6) is 0.999. The highest BCUT2D eigenvalue weighted by Crippen LogP contribution is 2.32. The van der Waals surface area contributed by atoms with Gasteiger partial charge < -0.3 is 9.64 Å². The average Bonchev–Trinajstić information content (AvgIpc) is 2.82. The SMILES string of the molecule is CC(C)N1Cc2nc(Cl)nc(N3CCOC[C@@H]3C)c2C1. The fourth-order valence-corrected chi connectivity index (χ4v) is 3.06. The average molecular weight is 297 g/mol. The molecule has 0 amide bonds. The third kappa shape index (κ3) is 2.50. The molecule has 20 heavy (non-hydrogen) atoms. The van der Waals surface area contributed by atoms with E-state index in [9.17, 15) is 0 Å². The molecule has 3 rings (SSSR count). The number of halogens is 1. The number of rotatable bonds is 2. The molecule has 110 valence electrons. The first kappa shape index (κ1) is 14.0. The summed E-state index contributed by atoms with van der Waals surface area (Å²) in [5.41, 5.74) is 2.31. The fraction of sp³-hybridized carbons (Fsp3) is 0.714. The van der Waals surface area contributed by atoms with Crippen LogP contribution in [0.3, 0.4) is 0 Å². The number of ether oxygens (including phenoxy) is 1. The topological polar surface area (TPSA) is 41.5 Å². The molecule has 1 atom stereocenters. The lowest BCUT2D eigenvalue weighted by Crippen LogP contribution is -2.44. The standard InChI is InChI=1S/C14H21ClN4O/c1-9(2)18-6-11-12(7-18)16-14(15)17-13(11)19-4-5-20-8-10(19)3/h9-10H,4-8H2,1-3H3/t10-/m0/s1. The van der Waals surface area contributed by atoms with Crippen LogP contribution in [0.25, 0.3) is 0 Å². The van der Waals surface area contributed by atoms with Gasteiger partial charge in [-0.3, -0.25) is 4.90 Å². The maximum absolute atomic E-state index is 6.12. The van der Waals surface area contributed by atoms with E-state index in [4.69, 9.17) is 16.3 Å². The number of fused-ring (bicyclic) bond motifs is 1. The second-order valence-electron chi connectivity index (χ2n) is 5.86. The third-order valence-corrected chi connectivity index (χ3v) is 4.30. The van der Waals surface area contributed by atoms with Gasteiger partial charge in [-0.2, -0.15) is 0 Å². The van der Waals surface area contributed by atoms with Crippen LogP contribution in [0.1, 0.15) is 32.0 Å². The summed E-state index contributed by atoms with van der Waals surface area (Å²) in [7, 11) is 0. The normalized spacial score (nSPS) is 23.4. The molecule has 5 nitrogen and oxygen atoms in total. The largest absolute Gasteiger partial charge is 0.377 e. The van der Waals surface area contributed by atoms with Gasteiger partial charge in [0.2, 0.25) is 5.28 Å². The number of hydrogen-bond acceptors (Lipinski definition) is 5. The number of nitrogens with zero attached hydrogens (tertiary/aromatic N) is 4. The molecule has 2 aliphatic heterocycles. The predicted molar refractivity (Wildman–Crippen MR) is 79.1 cm³/mol. The highest BCUT2D eigenvalue weighted by molar-refractivity contribution is 6.28. The summed E-state index contributed by atoms with van der Waals surface area (Å²) in [6.45, 7) is 10.7. The van der Waals surface area contributed by atoms with Crippen LogP contribution in [0.15, 0.2) is 0 Å². The molecule has 0 saturated carbocycles. The zero-order chi connectivity index (χ0) is 14.3. The van der Waals surface area contributed by atoms with Gasteiger partial charge in [0.05, 0.1) is 24.9 Å². The molecule has 0 N–H and O–H groups in total. The summed E-state index contributed by atoms with van der Waals surface area (Å²) >= 11 is 6.12. The Kier molecular flexibility index (Phi) is 3.84. The van der Waals surface area contributed by atoms with Crippen LogP contribution in [0.4, 0.5) is 5.82 Å². The zero-order valence-corrected chi connectivity index (χ0v) is 13.0. The van der Waals surface area contributed by atoms with Crippen molar-refractivity contribution in [2.24, 2.45) is 0 Å². The third-order valence-electron chi connectivity index (χ3n) is 4.13.